The zero-order chi connectivity index (χ0) is 12.7. The Morgan fingerprint density at radius 3 is 2.59 bits per heavy atom. The lowest BCUT2D eigenvalue weighted by atomic mass is 10.1. The van der Waals surface area contributed by atoms with Crippen LogP contribution in [0.4, 0.5) is 0 Å². The maximum atomic E-state index is 11.1. The molecule has 0 aromatic heterocycles. The van der Waals surface area contributed by atoms with E-state index in [4.69, 9.17) is 5.26 Å². The quantitative estimate of drug-likeness (QED) is 0.510. The van der Waals surface area contributed by atoms with E-state index in [1.54, 1.807) is 6.07 Å². The molecule has 17 heavy (non-hydrogen) atoms. The number of nitrogens with zero attached hydrogens (tertiary/aromatic N) is 2. The van der Waals surface area contributed by atoms with Gasteiger partial charge in [-0.2, -0.15) is 10.4 Å². The van der Waals surface area contributed by atoms with Gasteiger partial charge in [-0.1, -0.05) is 44.0 Å². The fourth-order valence-electron chi connectivity index (χ4n) is 1.06. The molecule has 0 spiro atoms. The van der Waals surface area contributed by atoms with Crippen LogP contribution in [0.5, 0.6) is 0 Å². The molecule has 1 rings (SSSR count). The molecule has 6 heteroatoms. The highest BCUT2D eigenvalue weighted by molar-refractivity contribution is 9.10. The minimum atomic E-state index is -0.414. The van der Waals surface area contributed by atoms with E-state index in [1.807, 2.05) is 24.3 Å². The third kappa shape index (κ3) is 4.67. The predicted octanol–water partition coefficient (Wildman–Crippen LogP) is 2.58. The molecule has 4 nitrogen and oxygen atoms in total. The molecule has 0 bridgehead atoms. The standard InChI is InChI=1S/C11H9Br2N3O/c12-7-10(15-16-11(17)5-6-14)8-1-3-9(13)4-2-8/h1-4H,5,7H2,(H,16,17)/b15-10+. The van der Waals surface area contributed by atoms with Crippen molar-refractivity contribution in [2.75, 3.05) is 5.33 Å². The summed E-state index contributed by atoms with van der Waals surface area (Å²) in [6, 6.07) is 9.32. The molecule has 1 amide bonds. The van der Waals surface area contributed by atoms with Crippen molar-refractivity contribution in [2.45, 2.75) is 6.42 Å². The molecule has 1 aromatic rings. The molecule has 0 saturated carbocycles. The van der Waals surface area contributed by atoms with Crippen molar-refractivity contribution in [2.24, 2.45) is 5.10 Å². The number of nitriles is 1. The Balaban J connectivity index is 2.78. The third-order valence-electron chi connectivity index (χ3n) is 1.86. The lowest BCUT2D eigenvalue weighted by molar-refractivity contribution is -0.120. The predicted molar refractivity (Wildman–Crippen MR) is 72.8 cm³/mol. The summed E-state index contributed by atoms with van der Waals surface area (Å²) in [5.41, 5.74) is 3.94. The van der Waals surface area contributed by atoms with E-state index in [-0.39, 0.29) is 6.42 Å². The van der Waals surface area contributed by atoms with Gasteiger partial charge in [-0.05, 0) is 17.7 Å². The molecule has 0 aliphatic carbocycles. The summed E-state index contributed by atoms with van der Waals surface area (Å²) >= 11 is 6.64. The lowest BCUT2D eigenvalue weighted by Crippen LogP contribution is -2.19. The molecule has 1 N–H and O–H groups in total. The van der Waals surface area contributed by atoms with Gasteiger partial charge in [-0.25, -0.2) is 5.43 Å². The summed E-state index contributed by atoms with van der Waals surface area (Å²) in [6.45, 7) is 0. The fourth-order valence-corrected chi connectivity index (χ4v) is 1.77. The first kappa shape index (κ1) is 13.9. The monoisotopic (exact) mass is 357 g/mol. The molecular weight excluding hydrogens is 350 g/mol. The molecule has 88 valence electrons. The van der Waals surface area contributed by atoms with Crippen LogP contribution in [0, 0.1) is 11.3 Å². The van der Waals surface area contributed by atoms with E-state index in [0.29, 0.717) is 11.0 Å². The number of alkyl halides is 1. The normalized spacial score (nSPS) is 10.8. The van der Waals surface area contributed by atoms with Crippen LogP contribution in [0.1, 0.15) is 12.0 Å². The molecule has 0 radical (unpaired) electrons. The average Bonchev–Trinajstić information content (AvgIpc) is 2.32. The summed E-state index contributed by atoms with van der Waals surface area (Å²) in [6.07, 6.45) is -0.195. The lowest BCUT2D eigenvalue weighted by Gasteiger charge is -2.03. The number of hydrazone groups is 1. The van der Waals surface area contributed by atoms with Crippen LogP contribution in [-0.2, 0) is 4.79 Å². The van der Waals surface area contributed by atoms with Gasteiger partial charge in [0.25, 0.3) is 5.91 Å². The van der Waals surface area contributed by atoms with Crippen LogP contribution in [0.15, 0.2) is 33.8 Å². The zero-order valence-electron chi connectivity index (χ0n) is 8.78. The Kier molecular flexibility index (Phi) is 5.87. The fraction of sp³-hybridized carbons (Fsp3) is 0.182. The number of halogens is 2. The Bertz CT molecular complexity index is 463. The van der Waals surface area contributed by atoms with Gasteiger partial charge in [-0.15, -0.1) is 0 Å². The molecule has 0 atom stereocenters. The highest BCUT2D eigenvalue weighted by atomic mass is 79.9. The second-order valence-electron chi connectivity index (χ2n) is 3.07. The number of benzene rings is 1. The van der Waals surface area contributed by atoms with Crippen LogP contribution in [0.25, 0.3) is 0 Å². The first-order valence-corrected chi connectivity index (χ1v) is 6.63. The summed E-state index contributed by atoms with van der Waals surface area (Å²) in [5.74, 6) is -0.414. The van der Waals surface area contributed by atoms with Gasteiger partial charge < -0.3 is 0 Å². The summed E-state index contributed by atoms with van der Waals surface area (Å²) in [5, 5.41) is 12.8. The first-order chi connectivity index (χ1) is 8.17. The number of rotatable bonds is 4. The van der Waals surface area contributed by atoms with Crippen LogP contribution in [0.3, 0.4) is 0 Å². The van der Waals surface area contributed by atoms with Crippen LogP contribution in [0.2, 0.25) is 0 Å². The van der Waals surface area contributed by atoms with Gasteiger partial charge in [-0.3, -0.25) is 4.79 Å². The van der Waals surface area contributed by atoms with Gasteiger partial charge in [0.1, 0.15) is 6.42 Å². The van der Waals surface area contributed by atoms with E-state index in [2.05, 4.69) is 42.4 Å². The number of carbonyl (C=O) groups is 1. The van der Waals surface area contributed by atoms with Crippen LogP contribution in [-0.4, -0.2) is 16.9 Å². The maximum Gasteiger partial charge on any atom is 0.254 e. The zero-order valence-corrected chi connectivity index (χ0v) is 12.0. The summed E-state index contributed by atoms with van der Waals surface area (Å²) in [4.78, 5) is 11.1. The first-order valence-electron chi connectivity index (χ1n) is 4.71. The van der Waals surface area contributed by atoms with Crippen molar-refractivity contribution >= 4 is 43.5 Å². The van der Waals surface area contributed by atoms with Gasteiger partial charge in [0, 0.05) is 9.80 Å². The highest BCUT2D eigenvalue weighted by Gasteiger charge is 2.03. The number of hydrogen-bond donors (Lipinski definition) is 1. The number of amides is 1. The maximum absolute atomic E-state index is 11.1. The Morgan fingerprint density at radius 1 is 1.41 bits per heavy atom. The van der Waals surface area contributed by atoms with Gasteiger partial charge in [0.2, 0.25) is 0 Å². The second-order valence-corrected chi connectivity index (χ2v) is 4.55. The minimum Gasteiger partial charge on any atom is -0.272 e. The topological polar surface area (TPSA) is 65.2 Å². The van der Waals surface area contributed by atoms with E-state index in [1.165, 1.54) is 0 Å². The van der Waals surface area contributed by atoms with E-state index in [9.17, 15) is 4.79 Å². The largest absolute Gasteiger partial charge is 0.272 e. The molecule has 0 saturated heterocycles. The number of hydrogen-bond acceptors (Lipinski definition) is 3. The van der Waals surface area contributed by atoms with Crippen molar-refractivity contribution < 1.29 is 4.79 Å². The summed E-state index contributed by atoms with van der Waals surface area (Å²) < 4.78 is 0.976. The third-order valence-corrected chi connectivity index (χ3v) is 2.92. The minimum absolute atomic E-state index is 0.195. The Hall–Kier alpha value is -1.19. The average molecular weight is 359 g/mol. The van der Waals surface area contributed by atoms with Crippen molar-refractivity contribution in [3.8, 4) is 6.07 Å². The Labute approximate surface area is 116 Å². The van der Waals surface area contributed by atoms with Gasteiger partial charge in [0.15, 0.2) is 0 Å². The van der Waals surface area contributed by atoms with E-state index < -0.39 is 5.91 Å². The number of carbonyl (C=O) groups excluding carboxylic acids is 1. The Morgan fingerprint density at radius 2 is 2.06 bits per heavy atom. The van der Waals surface area contributed by atoms with Crippen LogP contribution < -0.4 is 5.43 Å². The van der Waals surface area contributed by atoms with E-state index in [0.717, 1.165) is 10.0 Å². The molecule has 0 aliphatic rings. The molecule has 0 heterocycles. The van der Waals surface area contributed by atoms with Gasteiger partial charge in [0.05, 0.1) is 11.8 Å². The van der Waals surface area contributed by atoms with Crippen molar-refractivity contribution in [3.05, 3.63) is 34.3 Å². The smallest absolute Gasteiger partial charge is 0.254 e. The van der Waals surface area contributed by atoms with Crippen molar-refractivity contribution in [3.63, 3.8) is 0 Å². The van der Waals surface area contributed by atoms with Crippen molar-refractivity contribution in [1.82, 2.24) is 5.43 Å². The SMILES string of the molecule is N#CCC(=O)N/N=C(\CBr)c1ccc(Br)cc1. The van der Waals surface area contributed by atoms with Gasteiger partial charge >= 0.3 is 0 Å². The molecule has 0 aliphatic heterocycles. The summed E-state index contributed by atoms with van der Waals surface area (Å²) in [7, 11) is 0. The van der Waals surface area contributed by atoms with Crippen LogP contribution >= 0.6 is 31.9 Å². The molecule has 0 unspecified atom stereocenters. The van der Waals surface area contributed by atoms with Crippen molar-refractivity contribution in [1.29, 1.82) is 5.26 Å². The highest BCUT2D eigenvalue weighted by Crippen LogP contribution is 2.12. The molecule has 1 aromatic carbocycles. The molecule has 0 fully saturated rings. The number of nitrogens with one attached hydrogen (secondary N) is 1. The van der Waals surface area contributed by atoms with E-state index >= 15 is 0 Å². The second kappa shape index (κ2) is 7.20. The molecular formula is C11H9Br2N3O.